The van der Waals surface area contributed by atoms with Gasteiger partial charge in [0.15, 0.2) is 23.3 Å². The molecule has 5 heterocycles. The van der Waals surface area contributed by atoms with Gasteiger partial charge in [-0.15, -0.1) is 12.4 Å². The molecule has 4 aromatic carbocycles. The van der Waals surface area contributed by atoms with Crippen molar-refractivity contribution in [2.24, 2.45) is 5.73 Å². The van der Waals surface area contributed by atoms with Crippen LogP contribution in [0.15, 0.2) is 129 Å². The van der Waals surface area contributed by atoms with Gasteiger partial charge in [-0.25, -0.2) is 36.7 Å². The van der Waals surface area contributed by atoms with Crippen molar-refractivity contribution < 1.29 is 55.7 Å². The monoisotopic (exact) mass is 984 g/mol. The average Bonchev–Trinajstić information content (AvgIpc) is 3.92. The summed E-state index contributed by atoms with van der Waals surface area (Å²) in [6.45, 7) is 0.762. The lowest BCUT2D eigenvalue weighted by molar-refractivity contribution is 0.101. The molecule has 0 bridgehead atoms. The minimum absolute atomic E-state index is 0. The van der Waals surface area contributed by atoms with Crippen LogP contribution in [0.1, 0.15) is 68.2 Å². The number of hydrogen-bond donors (Lipinski definition) is 4. The van der Waals surface area contributed by atoms with Crippen molar-refractivity contribution >= 4 is 47.8 Å². The summed E-state index contributed by atoms with van der Waals surface area (Å²) in [6, 6.07) is 15.7. The third-order valence-electron chi connectivity index (χ3n) is 9.97. The zero-order valence-electron chi connectivity index (χ0n) is 36.5. The molecule has 0 saturated heterocycles. The number of aromatic nitrogens is 6. The molecule has 23 heteroatoms. The molecule has 0 aliphatic carbocycles. The van der Waals surface area contributed by atoms with Crippen LogP contribution in [0, 0.1) is 23.3 Å². The number of nitrogens with one attached hydrogen (secondary N) is 3. The molecule has 2 atom stereocenters. The number of amides is 3. The topological polar surface area (TPSA) is 237 Å². The maximum atomic E-state index is 13.4. The summed E-state index contributed by atoms with van der Waals surface area (Å²) >= 11 is 0. The van der Waals surface area contributed by atoms with Crippen molar-refractivity contribution in [3.8, 4) is 11.5 Å². The van der Waals surface area contributed by atoms with E-state index >= 15 is 0 Å². The Morgan fingerprint density at radius 1 is 0.657 bits per heavy atom. The standard InChI is InChI=1S/C22H18F2N4O4.C16H14F2N2O2.C9H8N4O2.ClH/c23-17-5-4-13(10-18(17)24)27-21(29)16-3-1-2-15-19(6-9-31-20(15)16)28-22(30)32-12-14-11-25-7-8-26-14;17-12-5-4-9(8-13(12)18)20-16(21)11-3-1-2-10-14(19)6-7-22-15(10)11;14-9(13-4-3-11-7-13)15-6-8-5-10-1-2-12-8;/h1-5,7-8,10-11,19H,6,9,12H2,(H,27,29)(H,28,30);1-5,8,14H,6-7,19H2,(H,20,21);1-5,7H,6H2;1H/t19-;14-;;/m00../s1. The first-order chi connectivity index (χ1) is 33.4. The predicted molar refractivity (Wildman–Crippen MR) is 244 cm³/mol. The molecular weight excluding hydrogens is 944 g/mol. The lowest BCUT2D eigenvalue weighted by Crippen LogP contribution is -2.33. The molecule has 7 aromatic rings. The van der Waals surface area contributed by atoms with Gasteiger partial charge in [-0.2, -0.15) is 0 Å². The number of alkyl carbamates (subject to hydrolysis) is 1. The lowest BCUT2D eigenvalue weighted by atomic mass is 9.97. The molecule has 0 spiro atoms. The minimum Gasteiger partial charge on any atom is -0.492 e. The number of hydrogen-bond acceptors (Lipinski definition) is 14. The van der Waals surface area contributed by atoms with E-state index in [1.165, 1.54) is 54.0 Å². The number of para-hydroxylation sites is 2. The van der Waals surface area contributed by atoms with Gasteiger partial charge in [0.25, 0.3) is 11.8 Å². The highest BCUT2D eigenvalue weighted by Gasteiger charge is 2.28. The second kappa shape index (κ2) is 24.5. The summed E-state index contributed by atoms with van der Waals surface area (Å²) in [6.07, 6.45) is 13.6. The van der Waals surface area contributed by atoms with Crippen LogP contribution in [0.4, 0.5) is 38.5 Å². The highest BCUT2D eigenvalue weighted by molar-refractivity contribution is 6.07. The number of benzene rings is 4. The number of carbonyl (C=O) groups excluding carboxylic acids is 4. The van der Waals surface area contributed by atoms with Crippen molar-refractivity contribution in [1.82, 2.24) is 34.8 Å². The molecule has 0 saturated carbocycles. The summed E-state index contributed by atoms with van der Waals surface area (Å²) < 4.78 is 75.3. The van der Waals surface area contributed by atoms with Crippen molar-refractivity contribution in [3.05, 3.63) is 186 Å². The number of rotatable bonds is 9. The molecule has 3 aromatic heterocycles. The van der Waals surface area contributed by atoms with Gasteiger partial charge < -0.3 is 40.6 Å². The van der Waals surface area contributed by atoms with Crippen molar-refractivity contribution in [2.45, 2.75) is 38.1 Å². The van der Waals surface area contributed by atoms with Crippen LogP contribution < -0.4 is 31.2 Å². The van der Waals surface area contributed by atoms with E-state index in [2.05, 4.69) is 40.9 Å². The predicted octanol–water partition coefficient (Wildman–Crippen LogP) is 8.04. The molecule has 9 rings (SSSR count). The van der Waals surface area contributed by atoms with E-state index in [1.807, 2.05) is 6.07 Å². The van der Waals surface area contributed by atoms with Gasteiger partial charge in [-0.1, -0.05) is 24.3 Å². The molecule has 70 heavy (non-hydrogen) atoms. The Bertz CT molecular complexity index is 2910. The first kappa shape index (κ1) is 50.9. The van der Waals surface area contributed by atoms with Crippen LogP contribution in [-0.2, 0) is 22.7 Å². The molecule has 2 aliphatic heterocycles. The van der Waals surface area contributed by atoms with E-state index in [1.54, 1.807) is 48.9 Å². The van der Waals surface area contributed by atoms with Gasteiger partial charge in [0.1, 0.15) is 31.0 Å². The Balaban J connectivity index is 0.000000183. The molecule has 3 amide bonds. The van der Waals surface area contributed by atoms with Crippen LogP contribution in [0.5, 0.6) is 11.5 Å². The first-order valence-electron chi connectivity index (χ1n) is 20.8. The van der Waals surface area contributed by atoms with Gasteiger partial charge in [0.2, 0.25) is 0 Å². The lowest BCUT2D eigenvalue weighted by Gasteiger charge is -2.27. The number of nitrogens with two attached hydrogens (primary N) is 1. The Morgan fingerprint density at radius 2 is 1.20 bits per heavy atom. The third-order valence-corrected chi connectivity index (χ3v) is 9.97. The third kappa shape index (κ3) is 13.6. The van der Waals surface area contributed by atoms with Gasteiger partial charge in [-0.05, 0) is 36.4 Å². The summed E-state index contributed by atoms with van der Waals surface area (Å²) in [5.74, 6) is -4.34. The zero-order chi connectivity index (χ0) is 48.7. The number of nitrogens with zero attached hydrogens (tertiary/aromatic N) is 6. The average molecular weight is 985 g/mol. The minimum atomic E-state index is -1.07. The molecule has 362 valence electrons. The van der Waals surface area contributed by atoms with Crippen molar-refractivity contribution in [2.75, 3.05) is 23.8 Å². The summed E-state index contributed by atoms with van der Waals surface area (Å²) in [5, 5.41) is 7.81. The van der Waals surface area contributed by atoms with Crippen LogP contribution in [-0.4, -0.2) is 66.7 Å². The number of ether oxygens (including phenoxy) is 4. The van der Waals surface area contributed by atoms with Gasteiger partial charge in [0.05, 0.1) is 54.2 Å². The number of imidazole rings is 1. The molecule has 0 fully saturated rings. The van der Waals surface area contributed by atoms with E-state index in [9.17, 15) is 36.7 Å². The molecule has 0 unspecified atom stereocenters. The summed E-state index contributed by atoms with van der Waals surface area (Å²) in [7, 11) is 0. The van der Waals surface area contributed by atoms with Gasteiger partial charge in [0, 0.05) is 90.7 Å². The summed E-state index contributed by atoms with van der Waals surface area (Å²) in [5.41, 5.74) is 9.27. The SMILES string of the molecule is Cl.N[C@H]1CCOc2c(C(=O)Nc3ccc(F)c(F)c3)cccc21.O=C(N[C@H]1CCOc2c(C(=O)Nc3ccc(F)c(F)c3)cccc21)OCc1cnccn1.O=C(OCc1cnccn1)n1ccnc1. The van der Waals surface area contributed by atoms with Gasteiger partial charge in [-0.3, -0.25) is 29.5 Å². The quantitative estimate of drug-likeness (QED) is 0.100. The normalized spacial score (nSPS) is 14.0. The van der Waals surface area contributed by atoms with Crippen LogP contribution in [0.25, 0.3) is 0 Å². The largest absolute Gasteiger partial charge is 0.492 e. The zero-order valence-corrected chi connectivity index (χ0v) is 37.3. The fourth-order valence-corrected chi connectivity index (χ4v) is 6.64. The number of carbonyl (C=O) groups is 4. The van der Waals surface area contributed by atoms with Crippen molar-refractivity contribution in [3.63, 3.8) is 0 Å². The molecule has 2 aliphatic rings. The van der Waals surface area contributed by atoms with E-state index in [-0.39, 0.29) is 55.2 Å². The maximum Gasteiger partial charge on any atom is 0.419 e. The second-order valence-corrected chi connectivity index (χ2v) is 14.7. The van der Waals surface area contributed by atoms with E-state index in [4.69, 9.17) is 24.7 Å². The Labute approximate surface area is 402 Å². The van der Waals surface area contributed by atoms with Crippen LogP contribution >= 0.6 is 12.4 Å². The van der Waals surface area contributed by atoms with Crippen LogP contribution in [0.2, 0.25) is 0 Å². The fraction of sp³-hybridized carbons (Fsp3) is 0.170. The van der Waals surface area contributed by atoms with E-state index in [0.29, 0.717) is 53.5 Å². The summed E-state index contributed by atoms with van der Waals surface area (Å²) in [4.78, 5) is 68.1. The van der Waals surface area contributed by atoms with E-state index in [0.717, 1.165) is 29.8 Å². The highest BCUT2D eigenvalue weighted by atomic mass is 35.5. The number of fused-ring (bicyclic) bond motifs is 2. The number of anilines is 2. The fourth-order valence-electron chi connectivity index (χ4n) is 6.64. The van der Waals surface area contributed by atoms with Crippen LogP contribution in [0.3, 0.4) is 0 Å². The molecule has 18 nitrogen and oxygen atoms in total. The van der Waals surface area contributed by atoms with Crippen molar-refractivity contribution in [1.29, 1.82) is 0 Å². The van der Waals surface area contributed by atoms with Gasteiger partial charge >= 0.3 is 12.2 Å². The Morgan fingerprint density at radius 3 is 1.73 bits per heavy atom. The van der Waals surface area contributed by atoms with E-state index < -0.39 is 53.3 Å². The second-order valence-electron chi connectivity index (χ2n) is 14.7. The first-order valence-corrected chi connectivity index (χ1v) is 20.8. The molecule has 0 radical (unpaired) electrons. The smallest absolute Gasteiger partial charge is 0.419 e. The molecule has 5 N–H and O–H groups in total. The Kier molecular flexibility index (Phi) is 17.8. The maximum absolute atomic E-state index is 13.4. The number of halogens is 5. The highest BCUT2D eigenvalue weighted by Crippen LogP contribution is 2.36. The molecular formula is C47H41ClF4N10O8. The Hall–Kier alpha value is -8.50.